The molecule has 5 aromatic heterocycles. The summed E-state index contributed by atoms with van der Waals surface area (Å²) in [5, 5.41) is 9.24. The van der Waals surface area contributed by atoms with Crippen molar-refractivity contribution in [1.82, 2.24) is 24.1 Å². The fourth-order valence-corrected chi connectivity index (χ4v) is 13.0. The quantitative estimate of drug-likeness (QED) is 0.160. The van der Waals surface area contributed by atoms with Crippen molar-refractivity contribution in [2.75, 3.05) is 0 Å². The molecule has 0 radical (unpaired) electrons. The summed E-state index contributed by atoms with van der Waals surface area (Å²) in [5.74, 6) is 1.78. The third-order valence-electron chi connectivity index (χ3n) is 15.2. The van der Waals surface area contributed by atoms with Crippen molar-refractivity contribution in [2.45, 2.75) is 0 Å². The van der Waals surface area contributed by atoms with Crippen molar-refractivity contribution in [3.63, 3.8) is 0 Å². The Labute approximate surface area is 439 Å². The van der Waals surface area contributed by atoms with Gasteiger partial charge in [-0.25, -0.2) is 15.0 Å². The average Bonchev–Trinajstić information content (AvgIpc) is 4.44. The number of para-hydroxylation sites is 3. The van der Waals surface area contributed by atoms with Gasteiger partial charge in [-0.1, -0.05) is 176 Å². The van der Waals surface area contributed by atoms with Crippen LogP contribution in [-0.2, 0) is 0 Å². The van der Waals surface area contributed by atoms with Gasteiger partial charge in [-0.15, -0.1) is 11.3 Å². The van der Waals surface area contributed by atoms with Crippen LogP contribution in [0.15, 0.2) is 253 Å². The van der Waals surface area contributed by atoms with Gasteiger partial charge >= 0.3 is 0 Å². The highest BCUT2D eigenvalue weighted by molar-refractivity contribution is 7.26. The third kappa shape index (κ3) is 6.49. The molecule has 0 bridgehead atoms. The van der Waals surface area contributed by atoms with Gasteiger partial charge in [-0.3, -0.25) is 0 Å². The zero-order valence-electron chi connectivity index (χ0n) is 40.7. The van der Waals surface area contributed by atoms with E-state index in [-0.39, 0.29) is 0 Å². The Morgan fingerprint density at radius 2 is 0.842 bits per heavy atom. The molecule has 0 atom stereocenters. The summed E-state index contributed by atoms with van der Waals surface area (Å²) >= 11 is 1.82. The van der Waals surface area contributed by atoms with Crippen molar-refractivity contribution in [2.24, 2.45) is 0 Å². The third-order valence-corrected chi connectivity index (χ3v) is 16.3. The molecular weight excluding hydrogens is 947 g/mol. The van der Waals surface area contributed by atoms with E-state index in [0.717, 1.165) is 77.8 Å². The molecule has 5 heterocycles. The van der Waals surface area contributed by atoms with E-state index in [9.17, 15) is 0 Å². The second-order valence-electron chi connectivity index (χ2n) is 19.4. The molecule has 16 aromatic rings. The molecule has 0 spiro atoms. The van der Waals surface area contributed by atoms with Gasteiger partial charge in [0.2, 0.25) is 0 Å². The molecule has 0 saturated heterocycles. The highest BCUT2D eigenvalue weighted by Gasteiger charge is 2.24. The van der Waals surface area contributed by atoms with E-state index >= 15 is 0 Å². The lowest BCUT2D eigenvalue weighted by Crippen LogP contribution is -2.01. The van der Waals surface area contributed by atoms with Crippen LogP contribution in [0.1, 0.15) is 0 Å². The number of nitrogens with zero attached hydrogens (tertiary/aromatic N) is 5. The molecule has 6 nitrogen and oxygen atoms in total. The highest BCUT2D eigenvalue weighted by Crippen LogP contribution is 2.46. The van der Waals surface area contributed by atoms with Gasteiger partial charge in [0.05, 0.1) is 22.1 Å². The molecule has 354 valence electrons. The first-order chi connectivity index (χ1) is 37.7. The second-order valence-corrected chi connectivity index (χ2v) is 20.5. The number of hydrogen-bond acceptors (Lipinski definition) is 5. The SMILES string of the molecule is c1ccc(-c2nc(-c3ccccc3-c3cccc4sc5ccccc5c34)nc(-c3cccc4oc5ccc(-c6ccc7c(c6)c6ccc8c9ccccc9n(-c9ccccc9)c8c6n7-c6ccccc6)cc5c34)n2)cc1. The van der Waals surface area contributed by atoms with Crippen LogP contribution in [0.2, 0.25) is 0 Å². The standard InChI is InChI=1S/C69H41N5OS/c1-4-18-42(19-5-1)67-70-68(52-26-11-10-24-47(52)49-28-17-33-62-64(49)53-27-13-15-32-61(53)76-62)72-69(71-67)54-29-16-31-60-63(54)56-41-44(35-39-59(56)75-60)43-34-38-58-55(40-43)51-37-36-50-48-25-12-14-30-57(48)73(45-20-6-2-7-21-45)65(50)66(51)74(58)46-22-8-3-9-23-46/h1-41H. The summed E-state index contributed by atoms with van der Waals surface area (Å²) < 4.78 is 14.1. The summed E-state index contributed by atoms with van der Waals surface area (Å²) in [6.07, 6.45) is 0. The minimum atomic E-state index is 0.575. The number of furan rings is 1. The van der Waals surface area contributed by atoms with Crippen molar-refractivity contribution in [1.29, 1.82) is 0 Å². The van der Waals surface area contributed by atoms with Crippen molar-refractivity contribution in [3.05, 3.63) is 249 Å². The summed E-state index contributed by atoms with van der Waals surface area (Å²) in [6, 6.07) is 88.5. The largest absolute Gasteiger partial charge is 0.456 e. The van der Waals surface area contributed by atoms with Gasteiger partial charge < -0.3 is 13.6 Å². The Balaban J connectivity index is 0.893. The number of hydrogen-bond donors (Lipinski definition) is 0. The number of thiophene rings is 1. The van der Waals surface area contributed by atoms with Crippen molar-refractivity contribution >= 4 is 97.1 Å². The Kier molecular flexibility index (Phi) is 9.40. The van der Waals surface area contributed by atoms with E-state index in [1.165, 1.54) is 58.3 Å². The maximum atomic E-state index is 6.70. The Morgan fingerprint density at radius 1 is 0.303 bits per heavy atom. The fraction of sp³-hybridized carbons (Fsp3) is 0. The summed E-state index contributed by atoms with van der Waals surface area (Å²) in [4.78, 5) is 16.0. The molecule has 0 N–H and O–H groups in total. The Hall–Kier alpha value is -9.95. The number of fused-ring (bicyclic) bond motifs is 13. The topological polar surface area (TPSA) is 61.7 Å². The monoisotopic (exact) mass is 987 g/mol. The van der Waals surface area contributed by atoms with Crippen LogP contribution >= 0.6 is 11.3 Å². The lowest BCUT2D eigenvalue weighted by molar-refractivity contribution is 0.669. The van der Waals surface area contributed by atoms with Gasteiger partial charge in [-0.2, -0.15) is 0 Å². The van der Waals surface area contributed by atoms with E-state index in [4.69, 9.17) is 19.4 Å². The predicted octanol–water partition coefficient (Wildman–Crippen LogP) is 18.7. The van der Waals surface area contributed by atoms with Crippen LogP contribution in [-0.4, -0.2) is 24.1 Å². The molecule has 11 aromatic carbocycles. The number of rotatable bonds is 7. The van der Waals surface area contributed by atoms with Crippen LogP contribution in [0.3, 0.4) is 0 Å². The molecule has 0 aliphatic rings. The number of benzene rings is 11. The normalized spacial score (nSPS) is 11.9. The molecule has 0 fully saturated rings. The first-order valence-corrected chi connectivity index (χ1v) is 26.4. The maximum Gasteiger partial charge on any atom is 0.164 e. The van der Waals surface area contributed by atoms with Gasteiger partial charge in [0, 0.05) is 80.6 Å². The van der Waals surface area contributed by atoms with Crippen LogP contribution in [0.5, 0.6) is 0 Å². The van der Waals surface area contributed by atoms with E-state index in [1.54, 1.807) is 0 Å². The molecule has 0 amide bonds. The molecule has 0 saturated carbocycles. The zero-order valence-corrected chi connectivity index (χ0v) is 41.5. The van der Waals surface area contributed by atoms with Gasteiger partial charge in [0.15, 0.2) is 17.5 Å². The van der Waals surface area contributed by atoms with E-state index in [0.29, 0.717) is 17.5 Å². The van der Waals surface area contributed by atoms with Gasteiger partial charge in [0.1, 0.15) is 11.2 Å². The van der Waals surface area contributed by atoms with Crippen LogP contribution in [0.4, 0.5) is 0 Å². The fourth-order valence-electron chi connectivity index (χ4n) is 11.9. The lowest BCUT2D eigenvalue weighted by Gasteiger charge is -2.13. The predicted molar refractivity (Wildman–Crippen MR) is 316 cm³/mol. The summed E-state index contributed by atoms with van der Waals surface area (Å²) in [6.45, 7) is 0. The van der Waals surface area contributed by atoms with Crippen molar-refractivity contribution < 1.29 is 4.42 Å². The second kappa shape index (κ2) is 16.8. The Bertz CT molecular complexity index is 4990. The molecule has 0 aliphatic heterocycles. The number of aromatic nitrogens is 5. The van der Waals surface area contributed by atoms with Crippen molar-refractivity contribution in [3.8, 4) is 67.8 Å². The van der Waals surface area contributed by atoms with Crippen LogP contribution in [0, 0.1) is 0 Å². The minimum Gasteiger partial charge on any atom is -0.456 e. The first kappa shape index (κ1) is 42.5. The molecular formula is C69H41N5OS. The summed E-state index contributed by atoms with van der Waals surface area (Å²) in [5.41, 5.74) is 15.6. The molecule has 0 aliphatic carbocycles. The highest BCUT2D eigenvalue weighted by atomic mass is 32.1. The maximum absolute atomic E-state index is 6.70. The van der Waals surface area contributed by atoms with E-state index in [2.05, 4.69) is 228 Å². The average molecular weight is 988 g/mol. The van der Waals surface area contributed by atoms with Crippen LogP contribution < -0.4 is 0 Å². The summed E-state index contributed by atoms with van der Waals surface area (Å²) in [7, 11) is 0. The molecule has 0 unspecified atom stereocenters. The molecule has 16 rings (SSSR count). The van der Waals surface area contributed by atoms with Gasteiger partial charge in [-0.05, 0) is 95.1 Å². The smallest absolute Gasteiger partial charge is 0.164 e. The van der Waals surface area contributed by atoms with E-state index < -0.39 is 0 Å². The lowest BCUT2D eigenvalue weighted by atomic mass is 9.95. The van der Waals surface area contributed by atoms with E-state index in [1.807, 2.05) is 41.7 Å². The zero-order chi connectivity index (χ0) is 49.8. The van der Waals surface area contributed by atoms with Gasteiger partial charge in [0.25, 0.3) is 0 Å². The molecule has 7 heteroatoms. The molecule has 76 heavy (non-hydrogen) atoms. The Morgan fingerprint density at radius 3 is 1.61 bits per heavy atom. The first-order valence-electron chi connectivity index (χ1n) is 25.6. The van der Waals surface area contributed by atoms with Crippen LogP contribution in [0.25, 0.3) is 154 Å². The minimum absolute atomic E-state index is 0.575.